The second-order valence-corrected chi connectivity index (χ2v) is 6.23. The van der Waals surface area contributed by atoms with Crippen LogP contribution in [-0.2, 0) is 4.79 Å². The molecule has 0 saturated carbocycles. The molecule has 3 amide bonds. The van der Waals surface area contributed by atoms with Crippen molar-refractivity contribution >= 4 is 11.9 Å². The zero-order valence-corrected chi connectivity index (χ0v) is 12.3. The molecule has 0 aromatic heterocycles. The lowest BCUT2D eigenvalue weighted by Crippen LogP contribution is -2.65. The molecule has 1 heterocycles. The van der Waals surface area contributed by atoms with Crippen molar-refractivity contribution in [3.63, 3.8) is 0 Å². The molecule has 0 bridgehead atoms. The van der Waals surface area contributed by atoms with E-state index in [9.17, 15) is 9.59 Å². The van der Waals surface area contributed by atoms with Gasteiger partial charge >= 0.3 is 6.03 Å². The third-order valence-electron chi connectivity index (χ3n) is 3.74. The summed E-state index contributed by atoms with van der Waals surface area (Å²) in [5, 5.41) is 5.40. The Balaban J connectivity index is 3.05. The first-order valence-corrected chi connectivity index (χ1v) is 6.39. The van der Waals surface area contributed by atoms with Crippen molar-refractivity contribution in [2.75, 3.05) is 14.1 Å². The Morgan fingerprint density at radius 1 is 1.00 bits per heavy atom. The van der Waals surface area contributed by atoms with Crippen LogP contribution >= 0.6 is 0 Å². The summed E-state index contributed by atoms with van der Waals surface area (Å²) in [4.78, 5) is 25.8. The van der Waals surface area contributed by atoms with Crippen molar-refractivity contribution in [3.05, 3.63) is 0 Å². The zero-order valence-electron chi connectivity index (χ0n) is 12.3. The predicted molar refractivity (Wildman–Crippen MR) is 71.2 cm³/mol. The maximum Gasteiger partial charge on any atom is 0.318 e. The SMILES string of the molecule is CNC(=O)C1CC(C)(C)N(C(=O)NC)C(C)(C)C1. The molecule has 5 nitrogen and oxygen atoms in total. The largest absolute Gasteiger partial charge is 0.359 e. The Bertz CT molecular complexity index is 332. The van der Waals surface area contributed by atoms with Crippen LogP contribution in [0.25, 0.3) is 0 Å². The molecule has 0 unspecified atom stereocenters. The van der Waals surface area contributed by atoms with Gasteiger partial charge in [-0.05, 0) is 40.5 Å². The van der Waals surface area contributed by atoms with E-state index in [-0.39, 0.29) is 28.9 Å². The third kappa shape index (κ3) is 2.60. The fraction of sp³-hybridized carbons (Fsp3) is 0.846. The van der Waals surface area contributed by atoms with Crippen LogP contribution in [0.2, 0.25) is 0 Å². The molecule has 0 atom stereocenters. The summed E-state index contributed by atoms with van der Waals surface area (Å²) in [6.07, 6.45) is 1.37. The molecule has 0 aliphatic carbocycles. The highest BCUT2D eigenvalue weighted by molar-refractivity contribution is 5.80. The molecule has 1 rings (SSSR count). The van der Waals surface area contributed by atoms with Gasteiger partial charge in [0.2, 0.25) is 5.91 Å². The van der Waals surface area contributed by atoms with Gasteiger partial charge in [-0.15, -0.1) is 0 Å². The fourth-order valence-electron chi connectivity index (χ4n) is 3.33. The van der Waals surface area contributed by atoms with Gasteiger partial charge in [0, 0.05) is 31.1 Å². The molecule has 5 heteroatoms. The van der Waals surface area contributed by atoms with Crippen LogP contribution in [0.15, 0.2) is 0 Å². The Hall–Kier alpha value is -1.26. The van der Waals surface area contributed by atoms with Crippen LogP contribution in [0.1, 0.15) is 40.5 Å². The number of rotatable bonds is 1. The lowest BCUT2D eigenvalue weighted by atomic mass is 9.73. The molecule has 0 aromatic rings. The monoisotopic (exact) mass is 255 g/mol. The average Bonchev–Trinajstić information content (AvgIpc) is 2.24. The summed E-state index contributed by atoms with van der Waals surface area (Å²) in [5.74, 6) is 0.0219. The van der Waals surface area contributed by atoms with Gasteiger partial charge in [-0.3, -0.25) is 4.79 Å². The van der Waals surface area contributed by atoms with Crippen molar-refractivity contribution in [2.24, 2.45) is 5.92 Å². The van der Waals surface area contributed by atoms with Crippen LogP contribution in [0.3, 0.4) is 0 Å². The minimum Gasteiger partial charge on any atom is -0.359 e. The number of likely N-dealkylation sites (tertiary alicyclic amines) is 1. The molecule has 104 valence electrons. The van der Waals surface area contributed by atoms with Crippen molar-refractivity contribution in [2.45, 2.75) is 51.6 Å². The van der Waals surface area contributed by atoms with E-state index in [1.54, 1.807) is 14.1 Å². The molecule has 18 heavy (non-hydrogen) atoms. The summed E-state index contributed by atoms with van der Waals surface area (Å²) in [5.41, 5.74) is -0.669. The zero-order chi connectivity index (χ0) is 14.1. The van der Waals surface area contributed by atoms with E-state index in [0.717, 1.165) is 0 Å². The summed E-state index contributed by atoms with van der Waals surface area (Å²) in [6, 6.07) is -0.0830. The van der Waals surface area contributed by atoms with Gasteiger partial charge in [0.05, 0.1) is 0 Å². The van der Waals surface area contributed by atoms with Crippen molar-refractivity contribution in [1.29, 1.82) is 0 Å². The molecule has 0 aromatic carbocycles. The minimum atomic E-state index is -0.334. The number of nitrogens with one attached hydrogen (secondary N) is 2. The lowest BCUT2D eigenvalue weighted by Gasteiger charge is -2.54. The molecular formula is C13H25N3O2. The molecule has 1 aliphatic rings. The normalized spacial score (nSPS) is 22.4. The number of hydrogen-bond acceptors (Lipinski definition) is 2. The highest BCUT2D eigenvalue weighted by atomic mass is 16.2. The second-order valence-electron chi connectivity index (χ2n) is 6.23. The van der Waals surface area contributed by atoms with E-state index < -0.39 is 0 Å². The highest BCUT2D eigenvalue weighted by Crippen LogP contribution is 2.41. The summed E-state index contributed by atoms with van der Waals surface area (Å²) >= 11 is 0. The van der Waals surface area contributed by atoms with Crippen molar-refractivity contribution in [1.82, 2.24) is 15.5 Å². The van der Waals surface area contributed by atoms with Gasteiger partial charge in [0.25, 0.3) is 0 Å². The van der Waals surface area contributed by atoms with Gasteiger partial charge in [-0.2, -0.15) is 0 Å². The number of urea groups is 1. The molecule has 0 radical (unpaired) electrons. The Morgan fingerprint density at radius 3 is 1.78 bits per heavy atom. The van der Waals surface area contributed by atoms with Gasteiger partial charge in [-0.25, -0.2) is 4.79 Å². The standard InChI is InChI=1S/C13H25N3O2/c1-12(2)7-9(10(17)14-5)8-13(3,4)16(12)11(18)15-6/h9H,7-8H2,1-6H3,(H,14,17)(H,15,18). The van der Waals surface area contributed by atoms with E-state index in [4.69, 9.17) is 0 Å². The molecule has 1 saturated heterocycles. The highest BCUT2D eigenvalue weighted by Gasteiger charge is 2.49. The number of amides is 3. The fourth-order valence-corrected chi connectivity index (χ4v) is 3.33. The lowest BCUT2D eigenvalue weighted by molar-refractivity contribution is -0.130. The van der Waals surface area contributed by atoms with Crippen LogP contribution in [0, 0.1) is 5.92 Å². The Labute approximate surface area is 109 Å². The van der Waals surface area contributed by atoms with Crippen LogP contribution < -0.4 is 10.6 Å². The number of nitrogens with zero attached hydrogens (tertiary/aromatic N) is 1. The first-order valence-electron chi connectivity index (χ1n) is 6.39. The third-order valence-corrected chi connectivity index (χ3v) is 3.74. The van der Waals surface area contributed by atoms with E-state index >= 15 is 0 Å². The van der Waals surface area contributed by atoms with Crippen LogP contribution in [0.4, 0.5) is 4.79 Å². The van der Waals surface area contributed by atoms with E-state index in [1.165, 1.54) is 0 Å². The average molecular weight is 255 g/mol. The summed E-state index contributed by atoms with van der Waals surface area (Å²) in [7, 11) is 3.30. The Morgan fingerprint density at radius 2 is 1.44 bits per heavy atom. The molecule has 0 spiro atoms. The van der Waals surface area contributed by atoms with E-state index in [0.29, 0.717) is 12.8 Å². The topological polar surface area (TPSA) is 61.4 Å². The van der Waals surface area contributed by atoms with Crippen molar-refractivity contribution in [3.8, 4) is 0 Å². The Kier molecular flexibility index (Phi) is 3.93. The molecule has 1 fully saturated rings. The maximum absolute atomic E-state index is 12.1. The number of carbonyl (C=O) groups is 2. The van der Waals surface area contributed by atoms with Gasteiger partial charge in [0.15, 0.2) is 0 Å². The first-order chi connectivity index (χ1) is 8.15. The molecular weight excluding hydrogens is 230 g/mol. The first kappa shape index (κ1) is 14.8. The second kappa shape index (κ2) is 4.78. The van der Waals surface area contributed by atoms with Crippen LogP contribution in [-0.4, -0.2) is 42.0 Å². The minimum absolute atomic E-state index is 0.0408. The number of carbonyl (C=O) groups excluding carboxylic acids is 2. The van der Waals surface area contributed by atoms with Gasteiger partial charge < -0.3 is 15.5 Å². The van der Waals surface area contributed by atoms with E-state index in [1.807, 2.05) is 32.6 Å². The van der Waals surface area contributed by atoms with Gasteiger partial charge in [0.1, 0.15) is 0 Å². The predicted octanol–water partition coefficient (Wildman–Crippen LogP) is 1.34. The molecule has 1 aliphatic heterocycles. The summed E-state index contributed by atoms with van der Waals surface area (Å²) in [6.45, 7) is 8.05. The molecule has 2 N–H and O–H groups in total. The van der Waals surface area contributed by atoms with E-state index in [2.05, 4.69) is 10.6 Å². The quantitative estimate of drug-likeness (QED) is 0.743. The van der Waals surface area contributed by atoms with Crippen LogP contribution in [0.5, 0.6) is 0 Å². The summed E-state index contributed by atoms with van der Waals surface area (Å²) < 4.78 is 0. The number of piperidine rings is 1. The van der Waals surface area contributed by atoms with Gasteiger partial charge in [-0.1, -0.05) is 0 Å². The maximum atomic E-state index is 12.1. The smallest absolute Gasteiger partial charge is 0.318 e. The van der Waals surface area contributed by atoms with Crippen molar-refractivity contribution < 1.29 is 9.59 Å². The number of hydrogen-bond donors (Lipinski definition) is 2.